The fourth-order valence-electron chi connectivity index (χ4n) is 2.11. The number of carbonyl (C=O) groups excluding carboxylic acids is 1. The highest BCUT2D eigenvalue weighted by Gasteiger charge is 2.42. The van der Waals surface area contributed by atoms with Crippen LogP contribution in [0.25, 0.3) is 0 Å². The van der Waals surface area contributed by atoms with Gasteiger partial charge in [-0.2, -0.15) is 0 Å². The highest BCUT2D eigenvalue weighted by atomic mass is 16.6. The normalized spacial score (nSPS) is 18.5. The Labute approximate surface area is 113 Å². The van der Waals surface area contributed by atoms with E-state index in [1.165, 1.54) is 0 Å². The van der Waals surface area contributed by atoms with Crippen LogP contribution in [0.5, 0.6) is 0 Å². The summed E-state index contributed by atoms with van der Waals surface area (Å²) in [6, 6.07) is 0. The molecule has 1 rings (SSSR count). The van der Waals surface area contributed by atoms with Crippen LogP contribution in [0.4, 0.5) is 4.79 Å². The minimum atomic E-state index is -0.896. The second-order valence-corrected chi connectivity index (χ2v) is 5.93. The van der Waals surface area contributed by atoms with Crippen LogP contribution in [-0.4, -0.2) is 40.8 Å². The number of ether oxygens (including phenoxy) is 1. The Kier molecular flexibility index (Phi) is 4.46. The summed E-state index contributed by atoms with van der Waals surface area (Å²) in [4.78, 5) is 24.8. The van der Waals surface area contributed by atoms with E-state index in [2.05, 4.69) is 5.92 Å². The van der Waals surface area contributed by atoms with Gasteiger partial charge in [-0.3, -0.25) is 4.79 Å². The smallest absolute Gasteiger partial charge is 0.410 e. The first-order valence-electron chi connectivity index (χ1n) is 6.35. The number of carbonyl (C=O) groups is 2. The molecular weight excluding hydrogens is 246 g/mol. The van der Waals surface area contributed by atoms with Crippen LogP contribution in [-0.2, 0) is 9.53 Å². The molecule has 1 heterocycles. The van der Waals surface area contributed by atoms with Gasteiger partial charge in [-0.1, -0.05) is 0 Å². The van der Waals surface area contributed by atoms with E-state index in [1.54, 1.807) is 25.7 Å². The van der Waals surface area contributed by atoms with E-state index < -0.39 is 23.1 Å². The summed E-state index contributed by atoms with van der Waals surface area (Å²) in [5.41, 5.74) is -1.44. The van der Waals surface area contributed by atoms with Crippen molar-refractivity contribution in [1.29, 1.82) is 0 Å². The van der Waals surface area contributed by atoms with Gasteiger partial charge in [0.25, 0.3) is 0 Å². The Balaban J connectivity index is 2.64. The van der Waals surface area contributed by atoms with Gasteiger partial charge in [0.2, 0.25) is 0 Å². The van der Waals surface area contributed by atoms with Crippen molar-refractivity contribution in [3.8, 4) is 12.3 Å². The SMILES string of the molecule is C#CCC1(C(=O)O)CCN(C(=O)OC(C)(C)C)CC1. The molecule has 0 atom stereocenters. The number of hydrogen-bond donors (Lipinski definition) is 1. The first-order valence-corrected chi connectivity index (χ1v) is 6.35. The summed E-state index contributed by atoms with van der Waals surface area (Å²) < 4.78 is 5.27. The number of nitrogens with zero attached hydrogens (tertiary/aromatic N) is 1. The number of piperidine rings is 1. The predicted molar refractivity (Wildman–Crippen MR) is 70.6 cm³/mol. The minimum absolute atomic E-state index is 0.199. The third-order valence-electron chi connectivity index (χ3n) is 3.27. The predicted octanol–water partition coefficient (Wildman–Crippen LogP) is 2.11. The Morgan fingerprint density at radius 1 is 1.37 bits per heavy atom. The molecule has 0 saturated carbocycles. The number of rotatable bonds is 2. The highest BCUT2D eigenvalue weighted by molar-refractivity contribution is 5.76. The van der Waals surface area contributed by atoms with E-state index in [1.807, 2.05) is 0 Å². The van der Waals surface area contributed by atoms with E-state index in [-0.39, 0.29) is 6.42 Å². The molecule has 1 saturated heterocycles. The molecule has 0 aromatic carbocycles. The average molecular weight is 267 g/mol. The summed E-state index contributed by atoms with van der Waals surface area (Å²) in [5.74, 6) is 1.55. The second kappa shape index (κ2) is 5.52. The van der Waals surface area contributed by atoms with E-state index in [9.17, 15) is 14.7 Å². The Bertz CT molecular complexity index is 395. The fourth-order valence-corrected chi connectivity index (χ4v) is 2.11. The molecule has 1 N–H and O–H groups in total. The zero-order valence-electron chi connectivity index (χ0n) is 11.7. The number of terminal acetylenes is 1. The molecule has 0 spiro atoms. The summed E-state index contributed by atoms with van der Waals surface area (Å²) in [6.07, 6.45) is 5.78. The van der Waals surface area contributed by atoms with E-state index in [0.29, 0.717) is 25.9 Å². The first kappa shape index (κ1) is 15.4. The van der Waals surface area contributed by atoms with Crippen molar-refractivity contribution < 1.29 is 19.4 Å². The van der Waals surface area contributed by atoms with Gasteiger partial charge in [0.15, 0.2) is 0 Å². The average Bonchev–Trinajstić information content (AvgIpc) is 2.27. The van der Waals surface area contributed by atoms with Crippen molar-refractivity contribution in [2.24, 2.45) is 5.41 Å². The summed E-state index contributed by atoms with van der Waals surface area (Å²) in [7, 11) is 0. The van der Waals surface area contributed by atoms with Crippen LogP contribution >= 0.6 is 0 Å². The standard InChI is InChI=1S/C14H21NO4/c1-5-6-14(11(16)17)7-9-15(10-8-14)12(18)19-13(2,3)4/h1H,6-10H2,2-4H3,(H,16,17). The second-order valence-electron chi connectivity index (χ2n) is 5.93. The van der Waals surface area contributed by atoms with Crippen molar-refractivity contribution in [3.05, 3.63) is 0 Å². The lowest BCUT2D eigenvalue weighted by atomic mass is 9.76. The maximum atomic E-state index is 11.9. The van der Waals surface area contributed by atoms with Gasteiger partial charge >= 0.3 is 12.1 Å². The number of hydrogen-bond acceptors (Lipinski definition) is 3. The third-order valence-corrected chi connectivity index (χ3v) is 3.27. The lowest BCUT2D eigenvalue weighted by Crippen LogP contribution is -2.47. The highest BCUT2D eigenvalue weighted by Crippen LogP contribution is 2.35. The Morgan fingerprint density at radius 3 is 2.26 bits per heavy atom. The maximum absolute atomic E-state index is 11.9. The molecule has 0 aliphatic carbocycles. The maximum Gasteiger partial charge on any atom is 0.410 e. The lowest BCUT2D eigenvalue weighted by molar-refractivity contribution is -0.151. The van der Waals surface area contributed by atoms with Gasteiger partial charge in [-0.15, -0.1) is 12.3 Å². The van der Waals surface area contributed by atoms with Crippen molar-refractivity contribution in [3.63, 3.8) is 0 Å². The molecule has 19 heavy (non-hydrogen) atoms. The largest absolute Gasteiger partial charge is 0.481 e. The number of likely N-dealkylation sites (tertiary alicyclic amines) is 1. The number of aliphatic carboxylic acids is 1. The molecule has 1 amide bonds. The van der Waals surface area contributed by atoms with Crippen molar-refractivity contribution in [2.45, 2.75) is 45.6 Å². The van der Waals surface area contributed by atoms with Crippen LogP contribution in [0.1, 0.15) is 40.0 Å². The lowest BCUT2D eigenvalue weighted by Gasteiger charge is -2.38. The molecule has 0 bridgehead atoms. The van der Waals surface area contributed by atoms with Gasteiger partial charge in [0.05, 0.1) is 5.41 Å². The quantitative estimate of drug-likeness (QED) is 0.778. The van der Waals surface area contributed by atoms with Gasteiger partial charge in [0, 0.05) is 19.5 Å². The number of carboxylic acids is 1. The van der Waals surface area contributed by atoms with E-state index >= 15 is 0 Å². The first-order chi connectivity index (χ1) is 8.70. The van der Waals surface area contributed by atoms with E-state index in [0.717, 1.165) is 0 Å². The molecular formula is C14H21NO4. The van der Waals surface area contributed by atoms with Crippen LogP contribution < -0.4 is 0 Å². The molecule has 106 valence electrons. The number of carboxylic acid groups (broad SMARTS) is 1. The van der Waals surface area contributed by atoms with Crippen molar-refractivity contribution >= 4 is 12.1 Å². The summed E-state index contributed by atoms with van der Waals surface area (Å²) in [6.45, 7) is 6.13. The molecule has 0 aromatic rings. The van der Waals surface area contributed by atoms with Crippen LogP contribution in [0.2, 0.25) is 0 Å². The monoisotopic (exact) mass is 267 g/mol. The molecule has 1 aliphatic rings. The molecule has 0 unspecified atom stereocenters. The van der Waals surface area contributed by atoms with Gasteiger partial charge in [-0.05, 0) is 33.6 Å². The Hall–Kier alpha value is -1.70. The van der Waals surface area contributed by atoms with Crippen LogP contribution in [0, 0.1) is 17.8 Å². The molecule has 5 heteroatoms. The zero-order valence-corrected chi connectivity index (χ0v) is 11.7. The Morgan fingerprint density at radius 2 is 1.89 bits per heavy atom. The minimum Gasteiger partial charge on any atom is -0.481 e. The van der Waals surface area contributed by atoms with Crippen molar-refractivity contribution in [1.82, 2.24) is 4.90 Å². The van der Waals surface area contributed by atoms with Gasteiger partial charge < -0.3 is 14.7 Å². The zero-order chi connectivity index (χ0) is 14.7. The van der Waals surface area contributed by atoms with Crippen LogP contribution in [0.15, 0.2) is 0 Å². The molecule has 0 aromatic heterocycles. The summed E-state index contributed by atoms with van der Waals surface area (Å²) in [5, 5.41) is 9.30. The summed E-state index contributed by atoms with van der Waals surface area (Å²) >= 11 is 0. The van der Waals surface area contributed by atoms with Gasteiger partial charge in [0.1, 0.15) is 5.60 Å². The number of amides is 1. The van der Waals surface area contributed by atoms with Gasteiger partial charge in [-0.25, -0.2) is 4.79 Å². The van der Waals surface area contributed by atoms with Crippen molar-refractivity contribution in [2.75, 3.05) is 13.1 Å². The molecule has 1 aliphatic heterocycles. The topological polar surface area (TPSA) is 66.8 Å². The van der Waals surface area contributed by atoms with Crippen LogP contribution in [0.3, 0.4) is 0 Å². The van der Waals surface area contributed by atoms with E-state index in [4.69, 9.17) is 11.2 Å². The molecule has 5 nitrogen and oxygen atoms in total. The molecule has 0 radical (unpaired) electrons. The fraction of sp³-hybridized carbons (Fsp3) is 0.714. The molecule has 1 fully saturated rings. The third kappa shape index (κ3) is 3.88.